The summed E-state index contributed by atoms with van der Waals surface area (Å²) in [5.41, 5.74) is 2.93. The fourth-order valence-corrected chi connectivity index (χ4v) is 2.71. The van der Waals surface area contributed by atoms with Gasteiger partial charge in [-0.15, -0.1) is 0 Å². The monoisotopic (exact) mass is 372 g/mol. The topological polar surface area (TPSA) is 13.1 Å². The van der Waals surface area contributed by atoms with Gasteiger partial charge >= 0.3 is 0 Å². The highest BCUT2D eigenvalue weighted by molar-refractivity contribution is 9.10. The third-order valence-electron chi connectivity index (χ3n) is 3.83. The summed E-state index contributed by atoms with van der Waals surface area (Å²) in [6.45, 7) is 6.50. The minimum absolute atomic E-state index is 0.0928. The van der Waals surface area contributed by atoms with Crippen LogP contribution in [0.2, 0.25) is 0 Å². The van der Waals surface area contributed by atoms with Crippen molar-refractivity contribution in [2.75, 3.05) is 0 Å². The molecule has 1 heterocycles. The Kier molecular flexibility index (Phi) is 4.15. The first-order valence-corrected chi connectivity index (χ1v) is 8.30. The first-order valence-electron chi connectivity index (χ1n) is 7.51. The Morgan fingerprint density at radius 1 is 0.870 bits per heavy atom. The molecule has 0 atom stereocenters. The fraction of sp³-hybridized carbons (Fsp3) is 0.200. The molecule has 0 fully saturated rings. The fourth-order valence-electron chi connectivity index (χ4n) is 2.44. The normalized spacial score (nSPS) is 11.7. The molecule has 0 aliphatic rings. The molecule has 3 aromatic rings. The van der Waals surface area contributed by atoms with E-state index in [1.54, 1.807) is 0 Å². The molecule has 0 saturated heterocycles. The first-order chi connectivity index (χ1) is 10.8. The van der Waals surface area contributed by atoms with Crippen molar-refractivity contribution >= 4 is 15.9 Å². The Balaban J connectivity index is 1.96. The van der Waals surface area contributed by atoms with Gasteiger partial charge in [-0.25, -0.2) is 4.39 Å². The summed E-state index contributed by atoms with van der Waals surface area (Å²) < 4.78 is 21.0. The van der Waals surface area contributed by atoms with E-state index >= 15 is 0 Å². The zero-order chi connectivity index (χ0) is 16.6. The van der Waals surface area contributed by atoms with Gasteiger partial charge in [0.25, 0.3) is 0 Å². The van der Waals surface area contributed by atoms with E-state index in [-0.39, 0.29) is 17.0 Å². The van der Waals surface area contributed by atoms with Crippen molar-refractivity contribution in [3.8, 4) is 22.6 Å². The van der Waals surface area contributed by atoms with Crippen molar-refractivity contribution in [2.45, 2.75) is 26.2 Å². The van der Waals surface area contributed by atoms with E-state index in [4.69, 9.17) is 4.42 Å². The van der Waals surface area contributed by atoms with Crippen LogP contribution in [0.15, 0.2) is 63.5 Å². The van der Waals surface area contributed by atoms with Crippen molar-refractivity contribution in [1.29, 1.82) is 0 Å². The van der Waals surface area contributed by atoms with Crippen LogP contribution in [-0.4, -0.2) is 0 Å². The van der Waals surface area contributed by atoms with Gasteiger partial charge in [0.1, 0.15) is 5.76 Å². The molecule has 3 rings (SSSR count). The summed E-state index contributed by atoms with van der Waals surface area (Å²) in [7, 11) is 0. The molecule has 0 spiro atoms. The van der Waals surface area contributed by atoms with Crippen molar-refractivity contribution < 1.29 is 8.81 Å². The number of benzene rings is 2. The highest BCUT2D eigenvalue weighted by Gasteiger charge is 2.16. The summed E-state index contributed by atoms with van der Waals surface area (Å²) in [4.78, 5) is 0. The molecule has 2 aromatic carbocycles. The van der Waals surface area contributed by atoms with Gasteiger partial charge in [0.2, 0.25) is 0 Å². The van der Waals surface area contributed by atoms with Gasteiger partial charge in [-0.1, -0.05) is 73.1 Å². The van der Waals surface area contributed by atoms with Crippen molar-refractivity contribution in [2.24, 2.45) is 0 Å². The molecule has 1 aromatic heterocycles. The highest BCUT2D eigenvalue weighted by Crippen LogP contribution is 2.33. The van der Waals surface area contributed by atoms with Crippen molar-refractivity contribution in [1.82, 2.24) is 0 Å². The van der Waals surface area contributed by atoms with Crippen LogP contribution >= 0.6 is 15.9 Å². The molecule has 0 N–H and O–H groups in total. The summed E-state index contributed by atoms with van der Waals surface area (Å²) in [5.74, 6) is 0.468. The molecule has 0 unspecified atom stereocenters. The second kappa shape index (κ2) is 5.97. The summed E-state index contributed by atoms with van der Waals surface area (Å²) in [6, 6.07) is 16.9. The molecule has 0 saturated carbocycles. The van der Waals surface area contributed by atoms with E-state index in [1.807, 2.05) is 36.4 Å². The minimum atomic E-state index is -0.345. The maximum atomic E-state index is 14.2. The molecule has 0 bridgehead atoms. The van der Waals surface area contributed by atoms with Gasteiger partial charge in [0.05, 0.1) is 0 Å². The third kappa shape index (κ3) is 3.40. The molecule has 118 valence electrons. The Morgan fingerprint density at radius 2 is 1.43 bits per heavy atom. The van der Waals surface area contributed by atoms with E-state index in [1.165, 1.54) is 11.6 Å². The van der Waals surface area contributed by atoms with Gasteiger partial charge in [-0.05, 0) is 23.1 Å². The van der Waals surface area contributed by atoms with Gasteiger partial charge < -0.3 is 4.42 Å². The van der Waals surface area contributed by atoms with Crippen LogP contribution in [-0.2, 0) is 5.41 Å². The van der Waals surface area contributed by atoms with E-state index in [0.717, 1.165) is 15.6 Å². The van der Waals surface area contributed by atoms with E-state index < -0.39 is 0 Å². The molecular formula is C20H18BrFO. The maximum absolute atomic E-state index is 14.2. The number of furan rings is 1. The quantitative estimate of drug-likeness (QED) is 0.481. The number of hydrogen-bond acceptors (Lipinski definition) is 1. The molecule has 0 amide bonds. The molecule has 1 nitrogen and oxygen atoms in total. The second-order valence-electron chi connectivity index (χ2n) is 6.62. The van der Waals surface area contributed by atoms with Crippen molar-refractivity contribution in [3.63, 3.8) is 0 Å². The Labute approximate surface area is 144 Å². The zero-order valence-electron chi connectivity index (χ0n) is 13.4. The standard InChI is InChI=1S/C20H18BrFO/c1-20(2,3)15-8-4-13(5-9-15)18-12-17(22)19(23-18)14-6-10-16(21)11-7-14/h4-12H,1-3H3. The Hall–Kier alpha value is -1.87. The first kappa shape index (κ1) is 16.0. The minimum Gasteiger partial charge on any atom is -0.453 e. The van der Waals surface area contributed by atoms with Crippen LogP contribution < -0.4 is 0 Å². The lowest BCUT2D eigenvalue weighted by Crippen LogP contribution is -2.10. The smallest absolute Gasteiger partial charge is 0.170 e. The molecule has 3 heteroatoms. The van der Waals surface area contributed by atoms with Gasteiger partial charge in [0.15, 0.2) is 11.6 Å². The lowest BCUT2D eigenvalue weighted by atomic mass is 9.86. The number of halogens is 2. The molecule has 0 aliphatic heterocycles. The lowest BCUT2D eigenvalue weighted by molar-refractivity contribution is 0.557. The highest BCUT2D eigenvalue weighted by atomic mass is 79.9. The zero-order valence-corrected chi connectivity index (χ0v) is 14.9. The van der Waals surface area contributed by atoms with Gasteiger partial charge in [0, 0.05) is 21.7 Å². The molecule has 0 aliphatic carbocycles. The van der Waals surface area contributed by atoms with E-state index in [9.17, 15) is 4.39 Å². The number of hydrogen-bond donors (Lipinski definition) is 0. The largest absolute Gasteiger partial charge is 0.453 e. The predicted octanol–water partition coefficient (Wildman–Crippen LogP) is 6.81. The predicted molar refractivity (Wildman–Crippen MR) is 95.9 cm³/mol. The van der Waals surface area contributed by atoms with Crippen LogP contribution in [0.3, 0.4) is 0 Å². The van der Waals surface area contributed by atoms with Crippen LogP contribution in [0.5, 0.6) is 0 Å². The summed E-state index contributed by atoms with van der Waals surface area (Å²) >= 11 is 3.38. The lowest BCUT2D eigenvalue weighted by Gasteiger charge is -2.18. The van der Waals surface area contributed by atoms with Crippen LogP contribution in [0, 0.1) is 5.82 Å². The Morgan fingerprint density at radius 3 is 2.00 bits per heavy atom. The maximum Gasteiger partial charge on any atom is 0.170 e. The molecule has 0 radical (unpaired) electrons. The van der Waals surface area contributed by atoms with Crippen molar-refractivity contribution in [3.05, 3.63) is 70.5 Å². The Bertz CT molecular complexity index is 808. The summed E-state index contributed by atoms with van der Waals surface area (Å²) in [6.07, 6.45) is 0. The molecular weight excluding hydrogens is 355 g/mol. The average molecular weight is 373 g/mol. The van der Waals surface area contributed by atoms with Crippen LogP contribution in [0.1, 0.15) is 26.3 Å². The van der Waals surface area contributed by atoms with E-state index in [0.29, 0.717) is 5.76 Å². The average Bonchev–Trinajstić information content (AvgIpc) is 2.89. The third-order valence-corrected chi connectivity index (χ3v) is 4.36. The van der Waals surface area contributed by atoms with E-state index in [2.05, 4.69) is 48.8 Å². The number of rotatable bonds is 2. The van der Waals surface area contributed by atoms with Gasteiger partial charge in [-0.2, -0.15) is 0 Å². The van der Waals surface area contributed by atoms with Crippen LogP contribution in [0.25, 0.3) is 22.6 Å². The van der Waals surface area contributed by atoms with Crippen LogP contribution in [0.4, 0.5) is 4.39 Å². The van der Waals surface area contributed by atoms with Gasteiger partial charge in [-0.3, -0.25) is 0 Å². The summed E-state index contributed by atoms with van der Waals surface area (Å²) in [5, 5.41) is 0. The second-order valence-corrected chi connectivity index (χ2v) is 7.54. The molecule has 23 heavy (non-hydrogen) atoms. The SMILES string of the molecule is CC(C)(C)c1ccc(-c2cc(F)c(-c3ccc(Br)cc3)o2)cc1.